The first kappa shape index (κ1) is 9.19. The van der Waals surface area contributed by atoms with E-state index in [0.717, 1.165) is 23.6 Å². The van der Waals surface area contributed by atoms with Crippen LogP contribution in [0.3, 0.4) is 0 Å². The molecule has 76 valence electrons. The monoisotopic (exact) mass is 193 g/mol. The van der Waals surface area contributed by atoms with Crippen molar-refractivity contribution in [3.05, 3.63) is 18.2 Å². The molecule has 1 aromatic rings. The van der Waals surface area contributed by atoms with Crippen LogP contribution in [0.4, 0.5) is 5.69 Å². The van der Waals surface area contributed by atoms with E-state index in [-0.39, 0.29) is 0 Å². The lowest BCUT2D eigenvalue weighted by Crippen LogP contribution is -2.12. The molecule has 1 N–H and O–H groups in total. The maximum atomic E-state index is 5.29. The molecule has 0 saturated carbocycles. The van der Waals surface area contributed by atoms with Crippen LogP contribution in [0, 0.1) is 0 Å². The van der Waals surface area contributed by atoms with Crippen LogP contribution in [0.15, 0.2) is 18.2 Å². The van der Waals surface area contributed by atoms with Gasteiger partial charge in [0.2, 0.25) is 6.79 Å². The topological polar surface area (TPSA) is 30.5 Å². The Bertz CT molecular complexity index is 325. The molecule has 0 fully saturated rings. The van der Waals surface area contributed by atoms with Crippen LogP contribution in [0.2, 0.25) is 0 Å². The zero-order valence-electron chi connectivity index (χ0n) is 8.54. The maximum absolute atomic E-state index is 5.29. The molecule has 1 aromatic carbocycles. The summed E-state index contributed by atoms with van der Waals surface area (Å²) < 4.78 is 10.5. The predicted molar refractivity (Wildman–Crippen MR) is 55.9 cm³/mol. The molecule has 0 aromatic heterocycles. The largest absolute Gasteiger partial charge is 0.454 e. The van der Waals surface area contributed by atoms with Gasteiger partial charge in [0.05, 0.1) is 0 Å². The average molecular weight is 193 g/mol. The van der Waals surface area contributed by atoms with Crippen molar-refractivity contribution >= 4 is 5.69 Å². The third-order valence-electron chi connectivity index (χ3n) is 2.40. The van der Waals surface area contributed by atoms with Crippen LogP contribution in [0.25, 0.3) is 0 Å². The van der Waals surface area contributed by atoms with E-state index in [0.29, 0.717) is 12.8 Å². The van der Waals surface area contributed by atoms with Crippen LogP contribution in [0.5, 0.6) is 11.5 Å². The van der Waals surface area contributed by atoms with E-state index >= 15 is 0 Å². The summed E-state index contributed by atoms with van der Waals surface area (Å²) in [7, 11) is 0. The summed E-state index contributed by atoms with van der Waals surface area (Å²) in [6.45, 7) is 4.65. The van der Waals surface area contributed by atoms with Gasteiger partial charge in [-0.05, 0) is 25.5 Å². The highest BCUT2D eigenvalue weighted by Gasteiger charge is 2.13. The van der Waals surface area contributed by atoms with Crippen molar-refractivity contribution in [1.82, 2.24) is 0 Å². The Morgan fingerprint density at radius 1 is 1.36 bits per heavy atom. The Kier molecular flexibility index (Phi) is 2.48. The lowest BCUT2D eigenvalue weighted by atomic mass is 10.2. The molecule has 0 radical (unpaired) electrons. The van der Waals surface area contributed by atoms with Gasteiger partial charge in [-0.25, -0.2) is 0 Å². The summed E-state index contributed by atoms with van der Waals surface area (Å²) in [5, 5.41) is 3.39. The van der Waals surface area contributed by atoms with Crippen molar-refractivity contribution in [2.24, 2.45) is 0 Å². The van der Waals surface area contributed by atoms with E-state index in [1.165, 1.54) is 0 Å². The molecule has 14 heavy (non-hydrogen) atoms. The van der Waals surface area contributed by atoms with Gasteiger partial charge >= 0.3 is 0 Å². The van der Waals surface area contributed by atoms with Crippen molar-refractivity contribution < 1.29 is 9.47 Å². The molecule has 0 saturated heterocycles. The minimum absolute atomic E-state index is 0.335. The zero-order chi connectivity index (χ0) is 9.97. The maximum Gasteiger partial charge on any atom is 0.231 e. The van der Waals surface area contributed by atoms with E-state index in [1.807, 2.05) is 18.2 Å². The second-order valence-electron chi connectivity index (χ2n) is 3.52. The van der Waals surface area contributed by atoms with E-state index in [2.05, 4.69) is 19.2 Å². The minimum atomic E-state index is 0.335. The molecule has 1 aliphatic rings. The molecule has 1 aliphatic heterocycles. The molecule has 0 amide bonds. The molecule has 1 heterocycles. The molecular formula is C11H15NO2. The zero-order valence-corrected chi connectivity index (χ0v) is 8.54. The standard InChI is InChI=1S/C11H15NO2/c1-3-8(2)12-9-4-5-10-11(6-9)14-7-13-10/h4-6,8,12H,3,7H2,1-2H3. The molecule has 0 bridgehead atoms. The van der Waals surface area contributed by atoms with Crippen LogP contribution in [0.1, 0.15) is 20.3 Å². The first-order valence-electron chi connectivity index (χ1n) is 4.96. The predicted octanol–water partition coefficient (Wildman–Crippen LogP) is 2.63. The SMILES string of the molecule is CCC(C)Nc1ccc2c(c1)OCO2. The Balaban J connectivity index is 2.12. The molecule has 1 atom stereocenters. The third kappa shape index (κ3) is 1.76. The van der Waals surface area contributed by atoms with Gasteiger partial charge in [0, 0.05) is 17.8 Å². The lowest BCUT2D eigenvalue weighted by molar-refractivity contribution is 0.174. The summed E-state index contributed by atoms with van der Waals surface area (Å²) in [6, 6.07) is 6.41. The van der Waals surface area contributed by atoms with Crippen LogP contribution < -0.4 is 14.8 Å². The Morgan fingerprint density at radius 2 is 2.14 bits per heavy atom. The molecular weight excluding hydrogens is 178 g/mol. The molecule has 3 nitrogen and oxygen atoms in total. The van der Waals surface area contributed by atoms with Crippen molar-refractivity contribution in [3.8, 4) is 11.5 Å². The number of hydrogen-bond donors (Lipinski definition) is 1. The van der Waals surface area contributed by atoms with Gasteiger partial charge in [-0.15, -0.1) is 0 Å². The van der Waals surface area contributed by atoms with Crippen LogP contribution >= 0.6 is 0 Å². The average Bonchev–Trinajstić information content (AvgIpc) is 2.64. The summed E-state index contributed by atoms with van der Waals surface area (Å²) >= 11 is 0. The van der Waals surface area contributed by atoms with Crippen molar-refractivity contribution in [1.29, 1.82) is 0 Å². The van der Waals surface area contributed by atoms with Crippen molar-refractivity contribution in [2.75, 3.05) is 12.1 Å². The molecule has 2 rings (SSSR count). The third-order valence-corrected chi connectivity index (χ3v) is 2.40. The van der Waals surface area contributed by atoms with Gasteiger partial charge in [-0.2, -0.15) is 0 Å². The summed E-state index contributed by atoms with van der Waals surface area (Å²) in [5.74, 6) is 1.66. The number of hydrogen-bond acceptors (Lipinski definition) is 3. The first-order valence-corrected chi connectivity index (χ1v) is 4.96. The number of benzene rings is 1. The van der Waals surface area contributed by atoms with Gasteiger partial charge in [0.25, 0.3) is 0 Å². The highest BCUT2D eigenvalue weighted by Crippen LogP contribution is 2.34. The van der Waals surface area contributed by atoms with E-state index < -0.39 is 0 Å². The minimum Gasteiger partial charge on any atom is -0.454 e. The van der Waals surface area contributed by atoms with Gasteiger partial charge in [-0.1, -0.05) is 6.92 Å². The first-order chi connectivity index (χ1) is 6.79. The highest BCUT2D eigenvalue weighted by atomic mass is 16.7. The normalized spacial score (nSPS) is 15.3. The molecule has 0 spiro atoms. The second-order valence-corrected chi connectivity index (χ2v) is 3.52. The van der Waals surface area contributed by atoms with Crippen molar-refractivity contribution in [3.63, 3.8) is 0 Å². The Hall–Kier alpha value is -1.38. The van der Waals surface area contributed by atoms with E-state index in [4.69, 9.17) is 9.47 Å². The Morgan fingerprint density at radius 3 is 2.93 bits per heavy atom. The molecule has 1 unspecified atom stereocenters. The van der Waals surface area contributed by atoms with E-state index in [1.54, 1.807) is 0 Å². The molecule has 0 aliphatic carbocycles. The van der Waals surface area contributed by atoms with Crippen molar-refractivity contribution in [2.45, 2.75) is 26.3 Å². The summed E-state index contributed by atoms with van der Waals surface area (Å²) in [5.41, 5.74) is 1.09. The van der Waals surface area contributed by atoms with Gasteiger partial charge < -0.3 is 14.8 Å². The van der Waals surface area contributed by atoms with Gasteiger partial charge in [0.15, 0.2) is 11.5 Å². The fraction of sp³-hybridized carbons (Fsp3) is 0.455. The Labute approximate surface area is 84.0 Å². The molecule has 3 heteroatoms. The number of rotatable bonds is 3. The van der Waals surface area contributed by atoms with Gasteiger partial charge in [-0.3, -0.25) is 0 Å². The van der Waals surface area contributed by atoms with E-state index in [9.17, 15) is 0 Å². The number of ether oxygens (including phenoxy) is 2. The second kappa shape index (κ2) is 3.78. The van der Waals surface area contributed by atoms with Gasteiger partial charge in [0.1, 0.15) is 0 Å². The number of nitrogens with one attached hydrogen (secondary N) is 1. The summed E-state index contributed by atoms with van der Waals surface area (Å²) in [6.07, 6.45) is 1.11. The smallest absolute Gasteiger partial charge is 0.231 e. The highest BCUT2D eigenvalue weighted by molar-refractivity contribution is 5.55. The fourth-order valence-corrected chi connectivity index (χ4v) is 1.37. The van der Waals surface area contributed by atoms with Crippen LogP contribution in [-0.4, -0.2) is 12.8 Å². The fourth-order valence-electron chi connectivity index (χ4n) is 1.37. The summed E-state index contributed by atoms with van der Waals surface area (Å²) in [4.78, 5) is 0. The lowest BCUT2D eigenvalue weighted by Gasteiger charge is -2.12. The number of anilines is 1. The van der Waals surface area contributed by atoms with Crippen LogP contribution in [-0.2, 0) is 0 Å². The quantitative estimate of drug-likeness (QED) is 0.800. The number of fused-ring (bicyclic) bond motifs is 1.